The van der Waals surface area contributed by atoms with E-state index in [2.05, 4.69) is 20.6 Å². The van der Waals surface area contributed by atoms with Crippen LogP contribution < -0.4 is 10.6 Å². The van der Waals surface area contributed by atoms with Gasteiger partial charge in [0.05, 0.1) is 24.1 Å². The van der Waals surface area contributed by atoms with Gasteiger partial charge in [-0.1, -0.05) is 17.7 Å². The predicted octanol–water partition coefficient (Wildman–Crippen LogP) is 2.72. The van der Waals surface area contributed by atoms with Gasteiger partial charge in [0.2, 0.25) is 0 Å². The molecule has 0 saturated heterocycles. The molecule has 0 aliphatic heterocycles. The van der Waals surface area contributed by atoms with Crippen LogP contribution in [0.25, 0.3) is 0 Å². The third-order valence-electron chi connectivity index (χ3n) is 2.89. The molecule has 5 heteroatoms. The second kappa shape index (κ2) is 6.14. The van der Waals surface area contributed by atoms with Crippen LogP contribution in [0.3, 0.4) is 0 Å². The summed E-state index contributed by atoms with van der Waals surface area (Å²) in [5, 5.41) is 5.58. The van der Waals surface area contributed by atoms with E-state index in [9.17, 15) is 4.79 Å². The Morgan fingerprint density at radius 2 is 1.95 bits per heavy atom. The molecule has 0 aliphatic carbocycles. The molecule has 0 unspecified atom stereocenters. The van der Waals surface area contributed by atoms with Crippen molar-refractivity contribution >= 4 is 11.7 Å². The maximum Gasteiger partial charge on any atom is 0.319 e. The van der Waals surface area contributed by atoms with E-state index in [1.807, 2.05) is 39.0 Å². The Hall–Kier alpha value is -2.43. The molecule has 20 heavy (non-hydrogen) atoms. The minimum Gasteiger partial charge on any atom is -0.332 e. The highest BCUT2D eigenvalue weighted by atomic mass is 16.2. The Morgan fingerprint density at radius 1 is 1.15 bits per heavy atom. The van der Waals surface area contributed by atoms with E-state index in [0.717, 1.165) is 22.6 Å². The molecule has 5 nitrogen and oxygen atoms in total. The molecule has 0 atom stereocenters. The molecule has 0 spiro atoms. The van der Waals surface area contributed by atoms with Gasteiger partial charge in [-0.15, -0.1) is 0 Å². The number of anilines is 1. The molecular formula is C15H18N4O. The molecule has 104 valence electrons. The fraction of sp³-hybridized carbons (Fsp3) is 0.267. The van der Waals surface area contributed by atoms with Crippen molar-refractivity contribution in [3.8, 4) is 0 Å². The lowest BCUT2D eigenvalue weighted by atomic mass is 10.1. The van der Waals surface area contributed by atoms with Crippen molar-refractivity contribution in [1.29, 1.82) is 0 Å². The van der Waals surface area contributed by atoms with Crippen LogP contribution in [0, 0.1) is 20.8 Å². The second-order valence-corrected chi connectivity index (χ2v) is 4.78. The van der Waals surface area contributed by atoms with Crippen molar-refractivity contribution in [2.45, 2.75) is 27.3 Å². The second-order valence-electron chi connectivity index (χ2n) is 4.78. The maximum absolute atomic E-state index is 11.8. The number of nitrogens with one attached hydrogen (secondary N) is 2. The molecule has 0 saturated carbocycles. The van der Waals surface area contributed by atoms with Crippen LogP contribution in [-0.4, -0.2) is 16.0 Å². The third kappa shape index (κ3) is 3.78. The first kappa shape index (κ1) is 14.0. The number of aryl methyl sites for hydroxylation is 3. The Bertz CT molecular complexity index is 608. The fourth-order valence-electron chi connectivity index (χ4n) is 1.80. The van der Waals surface area contributed by atoms with Gasteiger partial charge < -0.3 is 10.6 Å². The third-order valence-corrected chi connectivity index (χ3v) is 2.89. The summed E-state index contributed by atoms with van der Waals surface area (Å²) in [5.41, 5.74) is 4.60. The van der Waals surface area contributed by atoms with E-state index in [-0.39, 0.29) is 6.03 Å². The average molecular weight is 270 g/mol. The minimum absolute atomic E-state index is 0.251. The molecule has 0 bridgehead atoms. The van der Waals surface area contributed by atoms with Gasteiger partial charge in [-0.05, 0) is 32.4 Å². The van der Waals surface area contributed by atoms with Gasteiger partial charge in [-0.2, -0.15) is 0 Å². The smallest absolute Gasteiger partial charge is 0.319 e. The van der Waals surface area contributed by atoms with Crippen molar-refractivity contribution in [2.75, 3.05) is 5.32 Å². The summed E-state index contributed by atoms with van der Waals surface area (Å²) in [6.07, 6.45) is 3.34. The quantitative estimate of drug-likeness (QED) is 0.901. The first-order chi connectivity index (χ1) is 9.54. The number of carbonyl (C=O) groups excluding carboxylic acids is 1. The van der Waals surface area contributed by atoms with Crippen molar-refractivity contribution in [1.82, 2.24) is 15.3 Å². The SMILES string of the molecule is Cc1ccc(NC(=O)NCc2cnc(C)cn2)c(C)c1. The Kier molecular flexibility index (Phi) is 4.30. The van der Waals surface area contributed by atoms with Crippen molar-refractivity contribution in [3.63, 3.8) is 0 Å². The first-order valence-electron chi connectivity index (χ1n) is 6.44. The topological polar surface area (TPSA) is 66.9 Å². The van der Waals surface area contributed by atoms with Gasteiger partial charge in [0.25, 0.3) is 0 Å². The summed E-state index contributed by atoms with van der Waals surface area (Å²) in [5.74, 6) is 0. The van der Waals surface area contributed by atoms with E-state index in [4.69, 9.17) is 0 Å². The van der Waals surface area contributed by atoms with E-state index in [0.29, 0.717) is 6.54 Å². The molecule has 1 aromatic carbocycles. The van der Waals surface area contributed by atoms with Gasteiger partial charge in [-0.25, -0.2) is 4.79 Å². The van der Waals surface area contributed by atoms with Crippen LogP contribution in [0.5, 0.6) is 0 Å². The van der Waals surface area contributed by atoms with Crippen molar-refractivity contribution < 1.29 is 4.79 Å². The van der Waals surface area contributed by atoms with Crippen LogP contribution in [0.4, 0.5) is 10.5 Å². The van der Waals surface area contributed by atoms with Gasteiger partial charge in [0.15, 0.2) is 0 Å². The van der Waals surface area contributed by atoms with Gasteiger partial charge in [0.1, 0.15) is 0 Å². The van der Waals surface area contributed by atoms with Gasteiger partial charge >= 0.3 is 6.03 Å². The number of benzene rings is 1. The minimum atomic E-state index is -0.251. The number of carbonyl (C=O) groups is 1. The summed E-state index contributed by atoms with van der Waals surface area (Å²) in [6.45, 7) is 6.21. The van der Waals surface area contributed by atoms with E-state index in [1.54, 1.807) is 12.4 Å². The molecule has 0 radical (unpaired) electrons. The summed E-state index contributed by atoms with van der Waals surface area (Å²) in [4.78, 5) is 20.1. The molecule has 2 N–H and O–H groups in total. The monoisotopic (exact) mass is 270 g/mol. The Labute approximate surface area is 118 Å². The predicted molar refractivity (Wildman–Crippen MR) is 78.5 cm³/mol. The lowest BCUT2D eigenvalue weighted by Crippen LogP contribution is -2.28. The molecule has 2 amide bonds. The average Bonchev–Trinajstić information content (AvgIpc) is 2.41. The number of rotatable bonds is 3. The molecule has 2 aromatic rings. The standard InChI is InChI=1S/C15H18N4O/c1-10-4-5-14(11(2)6-10)19-15(20)18-9-13-8-16-12(3)7-17-13/h4-8H,9H2,1-3H3,(H2,18,19,20). The Balaban J connectivity index is 1.90. The summed E-state index contributed by atoms with van der Waals surface area (Å²) < 4.78 is 0. The van der Waals surface area contributed by atoms with Crippen LogP contribution in [0.1, 0.15) is 22.5 Å². The molecule has 0 fully saturated rings. The van der Waals surface area contributed by atoms with Crippen LogP contribution in [0.2, 0.25) is 0 Å². The molecule has 1 aromatic heterocycles. The van der Waals surface area contributed by atoms with E-state index >= 15 is 0 Å². The molecular weight excluding hydrogens is 252 g/mol. The number of nitrogens with zero attached hydrogens (tertiary/aromatic N) is 2. The molecule has 0 aliphatic rings. The zero-order chi connectivity index (χ0) is 14.5. The zero-order valence-corrected chi connectivity index (χ0v) is 11.9. The van der Waals surface area contributed by atoms with Crippen LogP contribution in [-0.2, 0) is 6.54 Å². The van der Waals surface area contributed by atoms with Crippen molar-refractivity contribution in [3.05, 3.63) is 53.1 Å². The highest BCUT2D eigenvalue weighted by molar-refractivity contribution is 5.90. The number of aromatic nitrogens is 2. The number of amides is 2. The number of hydrogen-bond acceptors (Lipinski definition) is 3. The van der Waals surface area contributed by atoms with Gasteiger partial charge in [-0.3, -0.25) is 9.97 Å². The normalized spacial score (nSPS) is 10.2. The first-order valence-corrected chi connectivity index (χ1v) is 6.44. The van der Waals surface area contributed by atoms with E-state index in [1.165, 1.54) is 5.56 Å². The van der Waals surface area contributed by atoms with Crippen LogP contribution >= 0.6 is 0 Å². The lowest BCUT2D eigenvalue weighted by molar-refractivity contribution is 0.251. The number of hydrogen-bond donors (Lipinski definition) is 2. The maximum atomic E-state index is 11.8. The highest BCUT2D eigenvalue weighted by Crippen LogP contribution is 2.15. The van der Waals surface area contributed by atoms with Crippen LogP contribution in [0.15, 0.2) is 30.6 Å². The molecule has 2 rings (SSSR count). The summed E-state index contributed by atoms with van der Waals surface area (Å²) in [6, 6.07) is 5.64. The van der Waals surface area contributed by atoms with E-state index < -0.39 is 0 Å². The summed E-state index contributed by atoms with van der Waals surface area (Å²) >= 11 is 0. The Morgan fingerprint density at radius 3 is 2.60 bits per heavy atom. The highest BCUT2D eigenvalue weighted by Gasteiger charge is 2.04. The molecule has 1 heterocycles. The zero-order valence-electron chi connectivity index (χ0n) is 11.9. The van der Waals surface area contributed by atoms with Gasteiger partial charge in [0, 0.05) is 11.9 Å². The fourth-order valence-corrected chi connectivity index (χ4v) is 1.80. The lowest BCUT2D eigenvalue weighted by Gasteiger charge is -2.10. The van der Waals surface area contributed by atoms with Crippen molar-refractivity contribution in [2.24, 2.45) is 0 Å². The number of urea groups is 1. The largest absolute Gasteiger partial charge is 0.332 e. The summed E-state index contributed by atoms with van der Waals surface area (Å²) in [7, 11) is 0.